The van der Waals surface area contributed by atoms with Crippen molar-refractivity contribution in [2.24, 2.45) is 0 Å². The number of aromatic nitrogens is 1. The first-order valence-electron chi connectivity index (χ1n) is 6.24. The first-order chi connectivity index (χ1) is 9.09. The van der Waals surface area contributed by atoms with E-state index in [-0.39, 0.29) is 18.1 Å². The molecule has 2 heterocycles. The number of nitrogens with zero attached hydrogens (tertiary/aromatic N) is 2. The number of rotatable bonds is 4. The summed E-state index contributed by atoms with van der Waals surface area (Å²) in [5, 5.41) is 12.8. The number of carbonyl (C=O) groups is 1. The summed E-state index contributed by atoms with van der Waals surface area (Å²) >= 11 is 0. The molecule has 0 aliphatic carbocycles. The fraction of sp³-hybridized carbons (Fsp3) is 0.538. The number of pyridine rings is 1. The van der Waals surface area contributed by atoms with E-state index >= 15 is 0 Å². The van der Waals surface area contributed by atoms with Crippen LogP contribution in [0.15, 0.2) is 24.5 Å². The summed E-state index contributed by atoms with van der Waals surface area (Å²) in [6.07, 6.45) is 2.18. The van der Waals surface area contributed by atoms with E-state index in [1.165, 1.54) is 0 Å². The molecule has 6 nitrogen and oxygen atoms in total. The summed E-state index contributed by atoms with van der Waals surface area (Å²) in [7, 11) is 3.80. The van der Waals surface area contributed by atoms with E-state index in [1.54, 1.807) is 24.5 Å². The van der Waals surface area contributed by atoms with Gasteiger partial charge in [0.05, 0.1) is 18.8 Å². The van der Waals surface area contributed by atoms with E-state index < -0.39 is 6.10 Å². The maximum atomic E-state index is 11.8. The Kier molecular flexibility index (Phi) is 4.47. The van der Waals surface area contributed by atoms with E-state index in [2.05, 4.69) is 10.3 Å². The highest BCUT2D eigenvalue weighted by molar-refractivity contribution is 5.93. The van der Waals surface area contributed by atoms with E-state index in [0.717, 1.165) is 0 Å². The van der Waals surface area contributed by atoms with E-state index in [1.807, 2.05) is 19.0 Å². The largest absolute Gasteiger partial charge is 0.389 e. The van der Waals surface area contributed by atoms with Crippen molar-refractivity contribution >= 4 is 5.91 Å². The molecule has 1 aliphatic rings. The van der Waals surface area contributed by atoms with Gasteiger partial charge in [-0.25, -0.2) is 0 Å². The highest BCUT2D eigenvalue weighted by atomic mass is 16.5. The summed E-state index contributed by atoms with van der Waals surface area (Å²) in [4.78, 5) is 17.6. The molecule has 1 fully saturated rings. The van der Waals surface area contributed by atoms with Gasteiger partial charge in [-0.15, -0.1) is 0 Å². The van der Waals surface area contributed by atoms with Crippen LogP contribution in [-0.4, -0.2) is 66.4 Å². The van der Waals surface area contributed by atoms with E-state index in [4.69, 9.17) is 4.74 Å². The van der Waals surface area contributed by atoms with E-state index in [9.17, 15) is 9.90 Å². The van der Waals surface area contributed by atoms with Gasteiger partial charge in [-0.2, -0.15) is 0 Å². The second-order valence-corrected chi connectivity index (χ2v) is 4.84. The fourth-order valence-electron chi connectivity index (χ4n) is 2.10. The number of hydrogen-bond acceptors (Lipinski definition) is 5. The average Bonchev–Trinajstić information content (AvgIpc) is 2.78. The summed E-state index contributed by atoms with van der Waals surface area (Å²) < 4.78 is 5.51. The number of aliphatic hydroxyl groups is 1. The topological polar surface area (TPSA) is 74.7 Å². The first kappa shape index (κ1) is 13.9. The number of ether oxygens (including phenoxy) is 1. The molecule has 3 atom stereocenters. The predicted octanol–water partition coefficient (Wildman–Crippen LogP) is -0.499. The lowest BCUT2D eigenvalue weighted by atomic mass is 10.1. The number of likely N-dealkylation sites (N-methyl/N-ethyl adjacent to an activating group) is 1. The molecular weight excluding hydrogens is 246 g/mol. The molecule has 2 N–H and O–H groups in total. The van der Waals surface area contributed by atoms with E-state index in [0.29, 0.717) is 18.7 Å². The van der Waals surface area contributed by atoms with Crippen LogP contribution in [0.4, 0.5) is 0 Å². The SMILES string of the molecule is CN(C)[C@@H]1CO[C@H](CNC(=O)c2ccncc2)[C@H]1O. The van der Waals surface area contributed by atoms with Gasteiger partial charge < -0.3 is 20.1 Å². The Morgan fingerprint density at radius 1 is 1.53 bits per heavy atom. The molecular formula is C13H19N3O3. The lowest BCUT2D eigenvalue weighted by molar-refractivity contribution is 0.0361. The van der Waals surface area contributed by atoms with Crippen LogP contribution in [0.3, 0.4) is 0 Å². The zero-order chi connectivity index (χ0) is 13.8. The predicted molar refractivity (Wildman–Crippen MR) is 69.8 cm³/mol. The highest BCUT2D eigenvalue weighted by Crippen LogP contribution is 2.17. The van der Waals surface area contributed by atoms with Crippen LogP contribution in [0.2, 0.25) is 0 Å². The summed E-state index contributed by atoms with van der Waals surface area (Å²) in [6, 6.07) is 3.26. The number of carbonyl (C=O) groups excluding carboxylic acids is 1. The van der Waals surface area contributed by atoms with Crippen molar-refractivity contribution in [3.05, 3.63) is 30.1 Å². The third kappa shape index (κ3) is 3.28. The molecule has 2 rings (SSSR count). The maximum absolute atomic E-state index is 11.8. The average molecular weight is 265 g/mol. The van der Waals surface area contributed by atoms with Crippen molar-refractivity contribution in [2.75, 3.05) is 27.2 Å². The Labute approximate surface area is 112 Å². The van der Waals surface area contributed by atoms with Gasteiger partial charge in [0, 0.05) is 24.5 Å². The van der Waals surface area contributed by atoms with Crippen LogP contribution < -0.4 is 5.32 Å². The van der Waals surface area contributed by atoms with Crippen molar-refractivity contribution < 1.29 is 14.6 Å². The zero-order valence-corrected chi connectivity index (χ0v) is 11.1. The zero-order valence-electron chi connectivity index (χ0n) is 11.1. The Balaban J connectivity index is 1.85. The molecule has 0 radical (unpaired) electrons. The maximum Gasteiger partial charge on any atom is 0.251 e. The molecule has 104 valence electrons. The second kappa shape index (κ2) is 6.10. The molecule has 19 heavy (non-hydrogen) atoms. The van der Waals surface area contributed by atoms with Crippen LogP contribution in [0.25, 0.3) is 0 Å². The Morgan fingerprint density at radius 2 is 2.21 bits per heavy atom. The normalized spacial score (nSPS) is 26.6. The van der Waals surface area contributed by atoms with Crippen LogP contribution in [0, 0.1) is 0 Å². The molecule has 1 saturated heterocycles. The van der Waals surface area contributed by atoms with Crippen molar-refractivity contribution in [3.8, 4) is 0 Å². The summed E-state index contributed by atoms with van der Waals surface area (Å²) in [5.74, 6) is -0.188. The quantitative estimate of drug-likeness (QED) is 0.768. The Hall–Kier alpha value is -1.50. The number of aliphatic hydroxyl groups excluding tert-OH is 1. The van der Waals surface area contributed by atoms with Gasteiger partial charge in [0.25, 0.3) is 5.91 Å². The van der Waals surface area contributed by atoms with Gasteiger partial charge >= 0.3 is 0 Å². The van der Waals surface area contributed by atoms with Gasteiger partial charge in [0.2, 0.25) is 0 Å². The Bertz CT molecular complexity index is 424. The molecule has 1 aliphatic heterocycles. The first-order valence-corrected chi connectivity index (χ1v) is 6.24. The van der Waals surface area contributed by atoms with Gasteiger partial charge in [-0.1, -0.05) is 0 Å². The van der Waals surface area contributed by atoms with Crippen molar-refractivity contribution in [3.63, 3.8) is 0 Å². The van der Waals surface area contributed by atoms with Gasteiger partial charge in [0.15, 0.2) is 0 Å². The lowest BCUT2D eigenvalue weighted by Gasteiger charge is -2.22. The fourth-order valence-corrected chi connectivity index (χ4v) is 2.10. The standard InChI is InChI=1S/C13H19N3O3/c1-16(2)10-8-19-11(12(10)17)7-15-13(18)9-3-5-14-6-4-9/h3-6,10-12,17H,7-8H2,1-2H3,(H,15,18)/t10-,11-,12+/m1/s1. The third-order valence-electron chi connectivity index (χ3n) is 3.33. The van der Waals surface area contributed by atoms with Gasteiger partial charge in [0.1, 0.15) is 6.10 Å². The molecule has 0 saturated carbocycles. The van der Waals surface area contributed by atoms with Crippen LogP contribution >= 0.6 is 0 Å². The van der Waals surface area contributed by atoms with Gasteiger partial charge in [-0.3, -0.25) is 9.78 Å². The monoisotopic (exact) mass is 265 g/mol. The molecule has 0 spiro atoms. The molecule has 0 aromatic carbocycles. The number of hydrogen-bond donors (Lipinski definition) is 2. The molecule has 1 amide bonds. The minimum atomic E-state index is -0.590. The third-order valence-corrected chi connectivity index (χ3v) is 3.33. The molecule has 1 aromatic rings. The Morgan fingerprint density at radius 3 is 2.79 bits per heavy atom. The van der Waals surface area contributed by atoms with Crippen LogP contribution in [0.5, 0.6) is 0 Å². The van der Waals surface area contributed by atoms with Crippen molar-refractivity contribution in [1.29, 1.82) is 0 Å². The lowest BCUT2D eigenvalue weighted by Crippen LogP contribution is -2.44. The van der Waals surface area contributed by atoms with Crippen molar-refractivity contribution in [1.82, 2.24) is 15.2 Å². The molecule has 0 bridgehead atoms. The smallest absolute Gasteiger partial charge is 0.251 e. The minimum Gasteiger partial charge on any atom is -0.389 e. The van der Waals surface area contributed by atoms with Crippen LogP contribution in [-0.2, 0) is 4.74 Å². The summed E-state index contributed by atoms with van der Waals surface area (Å²) in [5.41, 5.74) is 0.548. The molecule has 0 unspecified atom stereocenters. The number of nitrogens with one attached hydrogen (secondary N) is 1. The molecule has 1 aromatic heterocycles. The summed E-state index contributed by atoms with van der Waals surface area (Å²) in [6.45, 7) is 0.774. The van der Waals surface area contributed by atoms with Crippen LogP contribution in [0.1, 0.15) is 10.4 Å². The molecule has 6 heteroatoms. The van der Waals surface area contributed by atoms with Crippen molar-refractivity contribution in [2.45, 2.75) is 18.2 Å². The number of amides is 1. The van der Waals surface area contributed by atoms with Gasteiger partial charge in [-0.05, 0) is 26.2 Å². The minimum absolute atomic E-state index is 0.0252. The highest BCUT2D eigenvalue weighted by Gasteiger charge is 2.37. The second-order valence-electron chi connectivity index (χ2n) is 4.84.